The lowest BCUT2D eigenvalue weighted by Crippen LogP contribution is -2.41. The molecule has 0 aromatic carbocycles. The Bertz CT molecular complexity index is 453. The first kappa shape index (κ1) is 18.9. The lowest BCUT2D eigenvalue weighted by molar-refractivity contribution is -1.04. The molecule has 1 aliphatic carbocycles. The normalized spacial score (nSPS) is 23.9. The predicted molar refractivity (Wildman–Crippen MR) is 90.7 cm³/mol. The fraction of sp³-hybridized carbons (Fsp3) is 0.722. The predicted octanol–water partition coefficient (Wildman–Crippen LogP) is 2.63. The average molecular weight is 310 g/mol. The molecule has 0 saturated heterocycles. The number of hydrogen-bond acceptors (Lipinski definition) is 2. The topological polar surface area (TPSA) is 26.3 Å². The highest BCUT2D eigenvalue weighted by Crippen LogP contribution is 2.32. The van der Waals surface area contributed by atoms with Gasteiger partial charge < -0.3 is 4.48 Å². The third kappa shape index (κ3) is 5.93. The van der Waals surface area contributed by atoms with Gasteiger partial charge in [-0.25, -0.2) is 4.79 Å². The van der Waals surface area contributed by atoms with E-state index in [4.69, 9.17) is 4.84 Å². The molecule has 3 atom stereocenters. The van der Waals surface area contributed by atoms with E-state index in [0.29, 0.717) is 5.92 Å². The molecule has 0 saturated carbocycles. The van der Waals surface area contributed by atoms with Crippen molar-refractivity contribution in [2.45, 2.75) is 20.3 Å². The van der Waals surface area contributed by atoms with Crippen LogP contribution in [0.1, 0.15) is 20.3 Å². The smallest absolute Gasteiger partial charge is 0.327 e. The molecule has 0 aromatic rings. The molecular weight excluding hydrogens is 276 g/mol. The maximum atomic E-state index is 12.5. The van der Waals surface area contributed by atoms with Crippen LogP contribution in [0.2, 0.25) is 0 Å². The van der Waals surface area contributed by atoms with E-state index in [0.717, 1.165) is 17.4 Å². The molecule has 0 heterocycles. The van der Waals surface area contributed by atoms with Gasteiger partial charge in [0.05, 0.1) is 27.1 Å². The third-order valence-electron chi connectivity index (χ3n) is 3.86. The molecule has 4 nitrogen and oxygen atoms in total. The van der Waals surface area contributed by atoms with E-state index in [1.54, 1.807) is 0 Å². The van der Waals surface area contributed by atoms with Crippen molar-refractivity contribution in [3.63, 3.8) is 0 Å². The second kappa shape index (κ2) is 6.97. The van der Waals surface area contributed by atoms with Crippen LogP contribution >= 0.6 is 0 Å². The molecule has 3 unspecified atom stereocenters. The van der Waals surface area contributed by atoms with Gasteiger partial charge in [0.15, 0.2) is 0 Å². The van der Waals surface area contributed by atoms with E-state index in [1.807, 2.05) is 21.1 Å². The summed E-state index contributed by atoms with van der Waals surface area (Å²) >= 11 is 0. The Morgan fingerprint density at radius 2 is 1.82 bits per heavy atom. The molecule has 0 fully saturated rings. The minimum absolute atomic E-state index is 0.0835. The Labute approximate surface area is 136 Å². The summed E-state index contributed by atoms with van der Waals surface area (Å²) in [5.74, 6) is 0.402. The van der Waals surface area contributed by atoms with Gasteiger partial charge in [-0.1, -0.05) is 32.1 Å². The Morgan fingerprint density at radius 1 is 1.23 bits per heavy atom. The van der Waals surface area contributed by atoms with E-state index in [2.05, 4.69) is 53.2 Å². The first-order valence-electron chi connectivity index (χ1n) is 8.17. The van der Waals surface area contributed by atoms with Crippen molar-refractivity contribution in [2.24, 2.45) is 17.8 Å². The van der Waals surface area contributed by atoms with Gasteiger partial charge in [0, 0.05) is 5.57 Å². The number of likely N-dealkylation sites (N-methyl/N-ethyl adjacent to an activating group) is 1. The Morgan fingerprint density at radius 3 is 2.27 bits per heavy atom. The van der Waals surface area contributed by atoms with Crippen LogP contribution in [0.25, 0.3) is 0 Å². The number of hydrogen-bond donors (Lipinski definition) is 0. The zero-order valence-corrected chi connectivity index (χ0v) is 15.6. The summed E-state index contributed by atoms with van der Waals surface area (Å²) in [5, 5.41) is 0. The molecule has 0 N–H and O–H groups in total. The largest absolute Gasteiger partial charge is 0.370 e. The van der Waals surface area contributed by atoms with Crippen molar-refractivity contribution in [1.82, 2.24) is 0 Å². The van der Waals surface area contributed by atoms with E-state index in [1.165, 1.54) is 5.57 Å². The van der Waals surface area contributed by atoms with Gasteiger partial charge in [-0.05, 0) is 18.3 Å². The van der Waals surface area contributed by atoms with Gasteiger partial charge in [0.1, 0.15) is 27.7 Å². The Balaban J connectivity index is 2.94. The van der Waals surface area contributed by atoms with Crippen molar-refractivity contribution in [3.05, 3.63) is 23.8 Å². The average Bonchev–Trinajstić information content (AvgIpc) is 2.29. The minimum atomic E-state index is -0.0944. The highest BCUT2D eigenvalue weighted by Gasteiger charge is 2.35. The van der Waals surface area contributed by atoms with Crippen molar-refractivity contribution >= 4 is 5.97 Å². The molecule has 0 aliphatic heterocycles. The SMILES string of the molecule is CCC(C(=O)O[N+](C)(C)C)C1C=C(C[N+](C)(C)C)C=CC1C. The zero-order valence-electron chi connectivity index (χ0n) is 15.6. The molecule has 0 radical (unpaired) electrons. The first-order valence-corrected chi connectivity index (χ1v) is 8.17. The molecule has 22 heavy (non-hydrogen) atoms. The van der Waals surface area contributed by atoms with Crippen LogP contribution in [0.15, 0.2) is 23.8 Å². The monoisotopic (exact) mass is 310 g/mol. The molecule has 4 heteroatoms. The van der Waals surface area contributed by atoms with Crippen molar-refractivity contribution in [3.8, 4) is 0 Å². The first-order chi connectivity index (χ1) is 9.93. The third-order valence-corrected chi connectivity index (χ3v) is 3.86. The van der Waals surface area contributed by atoms with Crippen LogP contribution in [0.4, 0.5) is 0 Å². The van der Waals surface area contributed by atoms with Gasteiger partial charge in [-0.15, -0.1) is 4.65 Å². The number of carbonyl (C=O) groups excluding carboxylic acids is 1. The number of carbonyl (C=O) groups is 1. The Kier molecular flexibility index (Phi) is 5.99. The summed E-state index contributed by atoms with van der Waals surface area (Å²) in [5.41, 5.74) is 1.31. The highest BCUT2D eigenvalue weighted by atomic mass is 16.7. The van der Waals surface area contributed by atoms with E-state index in [9.17, 15) is 4.79 Å². The van der Waals surface area contributed by atoms with Crippen LogP contribution in [-0.4, -0.2) is 63.9 Å². The van der Waals surface area contributed by atoms with Crippen molar-refractivity contribution in [1.29, 1.82) is 0 Å². The second-order valence-corrected chi connectivity index (χ2v) is 8.30. The maximum absolute atomic E-state index is 12.5. The lowest BCUT2D eigenvalue weighted by Gasteiger charge is -2.32. The number of allylic oxidation sites excluding steroid dienone is 2. The van der Waals surface area contributed by atoms with Crippen molar-refractivity contribution in [2.75, 3.05) is 48.8 Å². The van der Waals surface area contributed by atoms with Gasteiger partial charge in [-0.3, -0.25) is 4.84 Å². The van der Waals surface area contributed by atoms with Crippen molar-refractivity contribution < 1.29 is 18.8 Å². The van der Waals surface area contributed by atoms with E-state index in [-0.39, 0.29) is 22.5 Å². The quantitative estimate of drug-likeness (QED) is 0.557. The van der Waals surface area contributed by atoms with Crippen LogP contribution in [0.3, 0.4) is 0 Å². The molecular formula is C18H34N2O2+2. The van der Waals surface area contributed by atoms with Gasteiger partial charge in [-0.2, -0.15) is 0 Å². The highest BCUT2D eigenvalue weighted by molar-refractivity contribution is 5.72. The molecule has 0 aromatic heterocycles. The number of rotatable bonds is 6. The number of nitrogens with zero attached hydrogens (tertiary/aromatic N) is 2. The molecule has 0 spiro atoms. The fourth-order valence-corrected chi connectivity index (χ4v) is 2.93. The summed E-state index contributed by atoms with van der Waals surface area (Å²) in [4.78, 5) is 18.1. The van der Waals surface area contributed by atoms with Gasteiger partial charge in [0.25, 0.3) is 0 Å². The summed E-state index contributed by atoms with van der Waals surface area (Å²) in [7, 11) is 12.2. The standard InChI is InChI=1S/C18H34N2O2/c1-9-16(18(21)22-20(6,7)8)17-12-15(11-10-14(17)2)13-19(3,4)5/h10-12,14,16-17H,9,13H2,1-8H3/q+2. The number of hydroxylamine groups is 3. The number of quaternary nitrogens is 2. The van der Waals surface area contributed by atoms with Crippen LogP contribution in [0.5, 0.6) is 0 Å². The molecule has 1 rings (SSSR count). The van der Waals surface area contributed by atoms with Crippen LogP contribution in [0, 0.1) is 17.8 Å². The second-order valence-electron chi connectivity index (χ2n) is 8.30. The summed E-state index contributed by atoms with van der Waals surface area (Å²) in [6, 6.07) is 0. The fourth-order valence-electron chi connectivity index (χ4n) is 2.93. The zero-order chi connectivity index (χ0) is 17.1. The molecule has 126 valence electrons. The lowest BCUT2D eigenvalue weighted by atomic mass is 9.77. The molecule has 1 aliphatic rings. The van der Waals surface area contributed by atoms with E-state index < -0.39 is 0 Å². The summed E-state index contributed by atoms with van der Waals surface area (Å²) < 4.78 is 1.10. The molecule has 0 amide bonds. The van der Waals surface area contributed by atoms with Gasteiger partial charge in [0.2, 0.25) is 0 Å². The maximum Gasteiger partial charge on any atom is 0.370 e. The summed E-state index contributed by atoms with van der Waals surface area (Å²) in [6.45, 7) is 5.22. The summed E-state index contributed by atoms with van der Waals surface area (Å²) in [6.07, 6.45) is 7.54. The molecule has 0 bridgehead atoms. The minimum Gasteiger partial charge on any atom is -0.327 e. The Hall–Kier alpha value is -1.13. The van der Waals surface area contributed by atoms with Crippen LogP contribution in [-0.2, 0) is 9.63 Å². The van der Waals surface area contributed by atoms with E-state index >= 15 is 0 Å². The van der Waals surface area contributed by atoms with Crippen LogP contribution < -0.4 is 0 Å². The van der Waals surface area contributed by atoms with Gasteiger partial charge >= 0.3 is 5.97 Å².